The van der Waals surface area contributed by atoms with Crippen molar-refractivity contribution in [3.63, 3.8) is 0 Å². The van der Waals surface area contributed by atoms with Crippen molar-refractivity contribution in [3.05, 3.63) is 29.6 Å². The first-order chi connectivity index (χ1) is 15.3. The minimum absolute atomic E-state index is 0.172. The highest BCUT2D eigenvalue weighted by molar-refractivity contribution is 6.32. The number of halogens is 1. The molecule has 2 aliphatic heterocycles. The smallest absolute Gasteiger partial charge is 0.129 e. The van der Waals surface area contributed by atoms with Crippen LogP contribution in [0.15, 0.2) is 33.2 Å². The largest absolute Gasteiger partial charge is 0.387 e. The highest BCUT2D eigenvalue weighted by Crippen LogP contribution is 2.58. The number of anilines is 1. The number of hydrogen-bond acceptors (Lipinski definition) is 6. The molecule has 6 nitrogen and oxygen atoms in total. The van der Waals surface area contributed by atoms with E-state index in [4.69, 9.17) is 15.5 Å². The average molecular weight is 442 g/mol. The first-order valence-corrected chi connectivity index (χ1v) is 11.7. The summed E-state index contributed by atoms with van der Waals surface area (Å²) in [5.74, 6) is 0.866. The molecule has 0 amide bonds. The van der Waals surface area contributed by atoms with Crippen LogP contribution in [0.25, 0.3) is 0 Å². The summed E-state index contributed by atoms with van der Waals surface area (Å²) in [4.78, 5) is 14.2. The fraction of sp³-hybridized carbons (Fsp3) is 0.640. The topological polar surface area (TPSA) is 84.4 Å². The third-order valence-corrected chi connectivity index (χ3v) is 7.66. The maximum Gasteiger partial charge on any atom is 0.129 e. The van der Waals surface area contributed by atoms with Crippen molar-refractivity contribution in [2.75, 3.05) is 25.5 Å². The van der Waals surface area contributed by atoms with Gasteiger partial charge in [0.1, 0.15) is 5.82 Å². The first kappa shape index (κ1) is 22.9. The molecule has 32 heavy (non-hydrogen) atoms. The van der Waals surface area contributed by atoms with Gasteiger partial charge in [0, 0.05) is 31.0 Å². The second-order valence-corrected chi connectivity index (χ2v) is 10.1. The number of aliphatic imine (C=N–C) groups is 3. The number of benzene rings is 1. The van der Waals surface area contributed by atoms with Crippen LogP contribution in [0, 0.1) is 17.2 Å². The Bertz CT molecular complexity index is 942. The summed E-state index contributed by atoms with van der Waals surface area (Å²) in [6.45, 7) is 7.81. The normalized spacial score (nSPS) is 32.3. The standard InChI is InChI=1S/C25H36FN5O/c1-16(2)22-15-29-18(14-30-22)13-28-17-5-6-21(26)20(11-17)25-10-7-19(32-4)12-24(25,3)9-8-23(27)31-25/h5-6,11,14,16,19,22,28H,7-10,12-13,15H2,1-4H3,(H2,27,31)/t19-,22?,24+,25+/m0/s1. The molecule has 4 rings (SSSR count). The summed E-state index contributed by atoms with van der Waals surface area (Å²) in [5.41, 5.74) is 7.74. The SMILES string of the molecule is CO[C@H]1CC[C@]2(c3cc(NCC4=NCC(C(C)C)N=C4)ccc3F)N=C(N)CC[C@]2(C)C1. The summed E-state index contributed by atoms with van der Waals surface area (Å²) in [7, 11) is 1.76. The molecule has 1 fully saturated rings. The van der Waals surface area contributed by atoms with E-state index >= 15 is 4.39 Å². The van der Waals surface area contributed by atoms with Crippen LogP contribution in [0.1, 0.15) is 58.4 Å². The molecule has 1 saturated carbocycles. The minimum Gasteiger partial charge on any atom is -0.387 e. The number of nitrogens with zero attached hydrogens (tertiary/aromatic N) is 3. The molecule has 1 aromatic carbocycles. The predicted molar refractivity (Wildman–Crippen MR) is 130 cm³/mol. The van der Waals surface area contributed by atoms with Crippen molar-refractivity contribution >= 4 is 23.4 Å². The molecule has 3 aliphatic rings. The molecule has 4 atom stereocenters. The van der Waals surface area contributed by atoms with Gasteiger partial charge in [0.25, 0.3) is 0 Å². The zero-order chi connectivity index (χ0) is 22.9. The van der Waals surface area contributed by atoms with Crippen molar-refractivity contribution in [2.45, 2.75) is 70.6 Å². The molecular formula is C25H36FN5O. The third-order valence-electron chi connectivity index (χ3n) is 7.66. The van der Waals surface area contributed by atoms with Crippen LogP contribution in [-0.2, 0) is 10.3 Å². The van der Waals surface area contributed by atoms with Gasteiger partial charge in [-0.2, -0.15) is 0 Å². The molecule has 1 aliphatic carbocycles. The average Bonchev–Trinajstić information content (AvgIpc) is 2.78. The molecule has 0 aromatic heterocycles. The van der Waals surface area contributed by atoms with Crippen LogP contribution >= 0.6 is 0 Å². The van der Waals surface area contributed by atoms with E-state index in [1.807, 2.05) is 12.3 Å². The lowest BCUT2D eigenvalue weighted by atomic mass is 9.56. The van der Waals surface area contributed by atoms with Crippen LogP contribution in [0.4, 0.5) is 10.1 Å². The Labute approximate surface area is 190 Å². The van der Waals surface area contributed by atoms with E-state index in [9.17, 15) is 0 Å². The van der Waals surface area contributed by atoms with Gasteiger partial charge in [-0.15, -0.1) is 0 Å². The van der Waals surface area contributed by atoms with Crippen molar-refractivity contribution < 1.29 is 9.13 Å². The van der Waals surface area contributed by atoms with Crippen LogP contribution in [-0.4, -0.2) is 50.1 Å². The number of hydrogen-bond donors (Lipinski definition) is 2. The Morgan fingerprint density at radius 3 is 2.81 bits per heavy atom. The summed E-state index contributed by atoms with van der Waals surface area (Å²) < 4.78 is 21.0. The van der Waals surface area contributed by atoms with Crippen molar-refractivity contribution in [3.8, 4) is 0 Å². The van der Waals surface area contributed by atoms with Crippen molar-refractivity contribution in [1.82, 2.24) is 0 Å². The van der Waals surface area contributed by atoms with Crippen LogP contribution in [0.2, 0.25) is 0 Å². The van der Waals surface area contributed by atoms with Gasteiger partial charge in [-0.25, -0.2) is 4.39 Å². The van der Waals surface area contributed by atoms with Gasteiger partial charge in [0.2, 0.25) is 0 Å². The van der Waals surface area contributed by atoms with Gasteiger partial charge < -0.3 is 15.8 Å². The first-order valence-electron chi connectivity index (χ1n) is 11.7. The Balaban J connectivity index is 1.59. The molecule has 0 bridgehead atoms. The lowest BCUT2D eigenvalue weighted by Crippen LogP contribution is -2.53. The van der Waals surface area contributed by atoms with Crippen LogP contribution in [0.5, 0.6) is 0 Å². The lowest BCUT2D eigenvalue weighted by Gasteiger charge is -2.54. The summed E-state index contributed by atoms with van der Waals surface area (Å²) in [6.07, 6.45) is 6.06. The van der Waals surface area contributed by atoms with Crippen LogP contribution < -0.4 is 11.1 Å². The second-order valence-electron chi connectivity index (χ2n) is 10.1. The van der Waals surface area contributed by atoms with E-state index in [1.165, 1.54) is 0 Å². The number of ether oxygens (including phenoxy) is 1. The summed E-state index contributed by atoms with van der Waals surface area (Å²) >= 11 is 0. The van der Waals surface area contributed by atoms with Crippen molar-refractivity contribution in [1.29, 1.82) is 0 Å². The van der Waals surface area contributed by atoms with Gasteiger partial charge in [0.15, 0.2) is 0 Å². The van der Waals surface area contributed by atoms with Gasteiger partial charge in [-0.05, 0) is 55.2 Å². The molecule has 0 radical (unpaired) electrons. The minimum atomic E-state index is -0.666. The number of fused-ring (bicyclic) bond motifs is 1. The van der Waals surface area contributed by atoms with Gasteiger partial charge in [-0.3, -0.25) is 15.0 Å². The quantitative estimate of drug-likeness (QED) is 0.689. The third kappa shape index (κ3) is 4.19. The molecule has 0 saturated heterocycles. The number of nitrogens with two attached hydrogens (primary N) is 1. The highest BCUT2D eigenvalue weighted by Gasteiger charge is 2.55. The predicted octanol–water partition coefficient (Wildman–Crippen LogP) is 4.34. The molecule has 0 spiro atoms. The summed E-state index contributed by atoms with van der Waals surface area (Å²) in [6, 6.07) is 5.49. The molecule has 3 N–H and O–H groups in total. The Kier molecular flexibility index (Phi) is 6.39. The zero-order valence-corrected chi connectivity index (χ0v) is 19.7. The van der Waals surface area contributed by atoms with E-state index in [1.54, 1.807) is 19.2 Å². The van der Waals surface area contributed by atoms with E-state index in [0.717, 1.165) is 50.0 Å². The maximum absolute atomic E-state index is 15.3. The number of amidine groups is 1. The van der Waals surface area contributed by atoms with E-state index in [2.05, 4.69) is 36.1 Å². The molecule has 174 valence electrons. The van der Waals surface area contributed by atoms with Gasteiger partial charge in [-0.1, -0.05) is 20.8 Å². The summed E-state index contributed by atoms with van der Waals surface area (Å²) in [5, 5.41) is 3.41. The second kappa shape index (κ2) is 8.93. The Hall–Kier alpha value is -2.28. The number of methoxy groups -OCH3 is 1. The van der Waals surface area contributed by atoms with Crippen molar-refractivity contribution in [2.24, 2.45) is 32.0 Å². The lowest BCUT2D eigenvalue weighted by molar-refractivity contribution is -0.0380. The van der Waals surface area contributed by atoms with Crippen LogP contribution in [0.3, 0.4) is 0 Å². The number of rotatable bonds is 6. The van der Waals surface area contributed by atoms with Gasteiger partial charge in [0.05, 0.1) is 42.3 Å². The molecule has 1 aromatic rings. The van der Waals surface area contributed by atoms with E-state index < -0.39 is 5.54 Å². The maximum atomic E-state index is 15.3. The molecular weight excluding hydrogens is 405 g/mol. The fourth-order valence-corrected chi connectivity index (χ4v) is 5.48. The Morgan fingerprint density at radius 1 is 1.31 bits per heavy atom. The fourth-order valence-electron chi connectivity index (χ4n) is 5.48. The number of nitrogens with one attached hydrogen (secondary N) is 1. The Morgan fingerprint density at radius 2 is 2.12 bits per heavy atom. The van der Waals surface area contributed by atoms with Gasteiger partial charge >= 0.3 is 0 Å². The van der Waals surface area contributed by atoms with E-state index in [0.29, 0.717) is 23.9 Å². The zero-order valence-electron chi connectivity index (χ0n) is 19.7. The van der Waals surface area contributed by atoms with E-state index in [-0.39, 0.29) is 23.4 Å². The molecule has 7 heteroatoms. The highest BCUT2D eigenvalue weighted by atomic mass is 19.1. The molecule has 1 unspecified atom stereocenters. The monoisotopic (exact) mass is 441 g/mol. The molecule has 2 heterocycles.